The van der Waals surface area contributed by atoms with E-state index in [2.05, 4.69) is 21.6 Å². The van der Waals surface area contributed by atoms with Crippen molar-refractivity contribution in [3.63, 3.8) is 0 Å². The molecule has 1 amide bonds. The van der Waals surface area contributed by atoms with E-state index in [-0.39, 0.29) is 5.91 Å². The highest BCUT2D eigenvalue weighted by molar-refractivity contribution is 5.92. The molecule has 0 radical (unpaired) electrons. The highest BCUT2D eigenvalue weighted by atomic mass is 16.2. The number of hydrogen-bond donors (Lipinski definition) is 2. The number of rotatable bonds is 4. The Balaban J connectivity index is 1.82. The predicted octanol–water partition coefficient (Wildman–Crippen LogP) is 0.596. The van der Waals surface area contributed by atoms with E-state index in [1.165, 1.54) is 0 Å². The summed E-state index contributed by atoms with van der Waals surface area (Å²) in [5, 5.41) is 14.7. The molecular formula is C14H18N4O. The summed E-state index contributed by atoms with van der Waals surface area (Å²) < 4.78 is 0. The third-order valence-corrected chi connectivity index (χ3v) is 3.10. The largest absolute Gasteiger partial charge is 0.325 e. The van der Waals surface area contributed by atoms with Gasteiger partial charge in [0.1, 0.15) is 0 Å². The SMILES string of the molecule is N#CCc1ccc(NC(=O)CN2CCNCC2)cc1. The minimum Gasteiger partial charge on any atom is -0.325 e. The minimum absolute atomic E-state index is 0.00920. The summed E-state index contributed by atoms with van der Waals surface area (Å²) >= 11 is 0. The zero-order valence-electron chi connectivity index (χ0n) is 10.9. The minimum atomic E-state index is 0.00920. The molecule has 2 N–H and O–H groups in total. The van der Waals surface area contributed by atoms with Crippen LogP contribution in [0.3, 0.4) is 0 Å². The summed E-state index contributed by atoms with van der Waals surface area (Å²) in [5.41, 5.74) is 1.74. The first-order valence-electron chi connectivity index (χ1n) is 6.47. The maximum Gasteiger partial charge on any atom is 0.238 e. The molecule has 0 saturated carbocycles. The summed E-state index contributed by atoms with van der Waals surface area (Å²) in [7, 11) is 0. The van der Waals surface area contributed by atoms with Gasteiger partial charge < -0.3 is 10.6 Å². The monoisotopic (exact) mass is 258 g/mol. The second kappa shape index (κ2) is 6.88. The van der Waals surface area contributed by atoms with E-state index >= 15 is 0 Å². The molecule has 2 rings (SSSR count). The van der Waals surface area contributed by atoms with Gasteiger partial charge in [0.25, 0.3) is 0 Å². The molecule has 1 aromatic rings. The van der Waals surface area contributed by atoms with E-state index in [4.69, 9.17) is 5.26 Å². The number of nitrogens with zero attached hydrogens (tertiary/aromatic N) is 2. The Kier molecular flexibility index (Phi) is 4.90. The molecule has 0 aliphatic carbocycles. The Morgan fingerprint density at radius 2 is 2.00 bits per heavy atom. The van der Waals surface area contributed by atoms with Crippen LogP contribution in [0.25, 0.3) is 0 Å². The molecule has 0 bridgehead atoms. The molecular weight excluding hydrogens is 240 g/mol. The topological polar surface area (TPSA) is 68.2 Å². The van der Waals surface area contributed by atoms with Crippen LogP contribution in [0.4, 0.5) is 5.69 Å². The van der Waals surface area contributed by atoms with E-state index in [0.717, 1.165) is 37.4 Å². The van der Waals surface area contributed by atoms with Gasteiger partial charge in [-0.1, -0.05) is 12.1 Å². The van der Waals surface area contributed by atoms with Gasteiger partial charge in [-0.3, -0.25) is 9.69 Å². The first kappa shape index (κ1) is 13.5. The van der Waals surface area contributed by atoms with Gasteiger partial charge >= 0.3 is 0 Å². The zero-order chi connectivity index (χ0) is 13.5. The van der Waals surface area contributed by atoms with Crippen LogP contribution < -0.4 is 10.6 Å². The van der Waals surface area contributed by atoms with Gasteiger partial charge in [0, 0.05) is 31.9 Å². The molecule has 1 aliphatic heterocycles. The molecule has 1 aromatic carbocycles. The highest BCUT2D eigenvalue weighted by Gasteiger charge is 2.13. The lowest BCUT2D eigenvalue weighted by molar-refractivity contribution is -0.117. The number of anilines is 1. The quantitative estimate of drug-likeness (QED) is 0.829. The van der Waals surface area contributed by atoms with E-state index < -0.39 is 0 Å². The van der Waals surface area contributed by atoms with E-state index in [0.29, 0.717) is 13.0 Å². The number of piperazine rings is 1. The molecule has 0 atom stereocenters. The fourth-order valence-corrected chi connectivity index (χ4v) is 2.07. The average molecular weight is 258 g/mol. The van der Waals surface area contributed by atoms with Crippen LogP contribution in [0, 0.1) is 11.3 Å². The lowest BCUT2D eigenvalue weighted by Crippen LogP contribution is -2.46. The second-order valence-electron chi connectivity index (χ2n) is 4.61. The van der Waals surface area contributed by atoms with Crippen molar-refractivity contribution in [1.29, 1.82) is 5.26 Å². The van der Waals surface area contributed by atoms with Crippen molar-refractivity contribution in [1.82, 2.24) is 10.2 Å². The molecule has 1 saturated heterocycles. The van der Waals surface area contributed by atoms with Crippen molar-refractivity contribution in [2.24, 2.45) is 0 Å². The first-order chi connectivity index (χ1) is 9.28. The molecule has 0 unspecified atom stereocenters. The Morgan fingerprint density at radius 1 is 1.32 bits per heavy atom. The normalized spacial score (nSPS) is 15.7. The van der Waals surface area contributed by atoms with Crippen LogP contribution in [-0.2, 0) is 11.2 Å². The van der Waals surface area contributed by atoms with Gasteiger partial charge in [0.2, 0.25) is 5.91 Å². The summed E-state index contributed by atoms with van der Waals surface area (Å²) in [6, 6.07) is 9.50. The summed E-state index contributed by atoms with van der Waals surface area (Å²) in [6.45, 7) is 4.14. The zero-order valence-corrected chi connectivity index (χ0v) is 10.9. The van der Waals surface area contributed by atoms with Crippen molar-refractivity contribution in [2.75, 3.05) is 38.0 Å². The molecule has 100 valence electrons. The molecule has 0 spiro atoms. The van der Waals surface area contributed by atoms with Crippen LogP contribution in [-0.4, -0.2) is 43.5 Å². The van der Waals surface area contributed by atoms with Gasteiger partial charge in [-0.2, -0.15) is 5.26 Å². The molecule has 5 nitrogen and oxygen atoms in total. The maximum atomic E-state index is 11.9. The lowest BCUT2D eigenvalue weighted by Gasteiger charge is -2.26. The fourth-order valence-electron chi connectivity index (χ4n) is 2.07. The standard InChI is InChI=1S/C14H18N4O/c15-6-5-12-1-3-13(4-2-12)17-14(19)11-18-9-7-16-8-10-18/h1-4,16H,5,7-11H2,(H,17,19). The molecule has 19 heavy (non-hydrogen) atoms. The van der Waals surface area contributed by atoms with Crippen molar-refractivity contribution < 1.29 is 4.79 Å². The second-order valence-corrected chi connectivity index (χ2v) is 4.61. The molecule has 0 aromatic heterocycles. The van der Waals surface area contributed by atoms with E-state index in [9.17, 15) is 4.79 Å². The van der Waals surface area contributed by atoms with Crippen LogP contribution in [0.1, 0.15) is 5.56 Å². The van der Waals surface area contributed by atoms with Crippen LogP contribution in [0.5, 0.6) is 0 Å². The van der Waals surface area contributed by atoms with Crippen molar-refractivity contribution in [3.05, 3.63) is 29.8 Å². The first-order valence-corrected chi connectivity index (χ1v) is 6.47. The van der Waals surface area contributed by atoms with Crippen LogP contribution in [0.15, 0.2) is 24.3 Å². The molecule has 1 fully saturated rings. The average Bonchev–Trinajstić information content (AvgIpc) is 2.42. The molecule has 1 heterocycles. The predicted molar refractivity (Wildman–Crippen MR) is 73.7 cm³/mol. The van der Waals surface area contributed by atoms with Crippen molar-refractivity contribution in [3.8, 4) is 6.07 Å². The summed E-state index contributed by atoms with van der Waals surface area (Å²) in [5.74, 6) is 0.00920. The van der Waals surface area contributed by atoms with Gasteiger partial charge in [-0.05, 0) is 17.7 Å². The van der Waals surface area contributed by atoms with Gasteiger partial charge in [-0.25, -0.2) is 0 Å². The van der Waals surface area contributed by atoms with Crippen LogP contribution >= 0.6 is 0 Å². The molecule has 5 heteroatoms. The number of amides is 1. The smallest absolute Gasteiger partial charge is 0.238 e. The molecule has 1 aliphatic rings. The lowest BCUT2D eigenvalue weighted by atomic mass is 10.1. The number of hydrogen-bond acceptors (Lipinski definition) is 4. The third-order valence-electron chi connectivity index (χ3n) is 3.10. The third kappa shape index (κ3) is 4.36. The Hall–Kier alpha value is -1.90. The summed E-state index contributed by atoms with van der Waals surface area (Å²) in [6.07, 6.45) is 0.398. The van der Waals surface area contributed by atoms with E-state index in [1.54, 1.807) is 0 Å². The highest BCUT2D eigenvalue weighted by Crippen LogP contribution is 2.10. The maximum absolute atomic E-state index is 11.9. The van der Waals surface area contributed by atoms with Gasteiger partial charge in [0.05, 0.1) is 19.0 Å². The summed E-state index contributed by atoms with van der Waals surface area (Å²) in [4.78, 5) is 14.0. The van der Waals surface area contributed by atoms with Crippen molar-refractivity contribution >= 4 is 11.6 Å². The Morgan fingerprint density at radius 3 is 2.63 bits per heavy atom. The van der Waals surface area contributed by atoms with E-state index in [1.807, 2.05) is 24.3 Å². The van der Waals surface area contributed by atoms with Crippen molar-refractivity contribution in [2.45, 2.75) is 6.42 Å². The number of benzene rings is 1. The number of carbonyl (C=O) groups is 1. The number of nitriles is 1. The van der Waals surface area contributed by atoms with Gasteiger partial charge in [0.15, 0.2) is 0 Å². The Bertz CT molecular complexity index is 457. The fraction of sp³-hybridized carbons (Fsp3) is 0.429. The number of nitrogens with one attached hydrogen (secondary N) is 2. The van der Waals surface area contributed by atoms with Gasteiger partial charge in [-0.15, -0.1) is 0 Å². The van der Waals surface area contributed by atoms with Crippen LogP contribution in [0.2, 0.25) is 0 Å². The number of carbonyl (C=O) groups excluding carboxylic acids is 1. The Labute approximate surface area is 113 Å².